The van der Waals surface area contributed by atoms with Crippen LogP contribution >= 0.6 is 0 Å². The van der Waals surface area contributed by atoms with Crippen molar-refractivity contribution in [3.8, 4) is 0 Å². The molecule has 104 valence electrons. The van der Waals surface area contributed by atoms with E-state index >= 15 is 0 Å². The summed E-state index contributed by atoms with van der Waals surface area (Å²) in [5, 5.41) is 21.0. The summed E-state index contributed by atoms with van der Waals surface area (Å²) in [4.78, 5) is 14.2. The number of carbonyl (C=O) groups excluding carboxylic acids is 1. The molecule has 1 aliphatic carbocycles. The van der Waals surface area contributed by atoms with Gasteiger partial charge in [-0.15, -0.1) is 0 Å². The molecular weight excluding hydrogens is 234 g/mol. The van der Waals surface area contributed by atoms with Crippen LogP contribution in [0.25, 0.3) is 0 Å². The predicted octanol–water partition coefficient (Wildman–Crippen LogP) is 0.522. The van der Waals surface area contributed by atoms with Gasteiger partial charge < -0.3 is 20.9 Å². The van der Waals surface area contributed by atoms with Crippen molar-refractivity contribution in [2.75, 3.05) is 13.2 Å². The molecule has 0 atom stereocenters. The van der Waals surface area contributed by atoms with Gasteiger partial charge in [0.25, 0.3) is 0 Å². The Hall–Kier alpha value is -1.30. The number of amidine groups is 1. The molecule has 1 aliphatic rings. The van der Waals surface area contributed by atoms with E-state index in [0.717, 1.165) is 12.8 Å². The fourth-order valence-electron chi connectivity index (χ4n) is 2.63. The molecule has 0 spiro atoms. The van der Waals surface area contributed by atoms with E-state index in [0.29, 0.717) is 12.8 Å². The summed E-state index contributed by atoms with van der Waals surface area (Å²) in [6.45, 7) is 3.97. The summed E-state index contributed by atoms with van der Waals surface area (Å²) < 4.78 is 0. The Balaban J connectivity index is 3.02. The van der Waals surface area contributed by atoms with E-state index in [1.54, 1.807) is 4.90 Å². The van der Waals surface area contributed by atoms with Gasteiger partial charge >= 0.3 is 0 Å². The molecule has 1 rings (SSSR count). The maximum absolute atomic E-state index is 12.6. The van der Waals surface area contributed by atoms with Gasteiger partial charge in [0.05, 0.1) is 6.61 Å². The maximum Gasteiger partial charge on any atom is 0.236 e. The molecule has 6 nitrogen and oxygen atoms in total. The molecular formula is C12H23N3O3. The molecule has 0 bridgehead atoms. The molecule has 6 heteroatoms. The smallest absolute Gasteiger partial charge is 0.236 e. The predicted molar refractivity (Wildman–Crippen MR) is 68.2 cm³/mol. The summed E-state index contributed by atoms with van der Waals surface area (Å²) in [5.41, 5.74) is 4.86. The minimum Gasteiger partial charge on any atom is -0.409 e. The Morgan fingerprint density at radius 3 is 2.39 bits per heavy atom. The molecule has 0 saturated heterocycles. The highest BCUT2D eigenvalue weighted by Crippen LogP contribution is 2.40. The lowest BCUT2D eigenvalue weighted by molar-refractivity contribution is -0.140. The number of nitrogens with two attached hydrogens (primary N) is 1. The highest BCUT2D eigenvalue weighted by Gasteiger charge is 2.47. The topological polar surface area (TPSA) is 99.2 Å². The molecule has 1 fully saturated rings. The zero-order valence-electron chi connectivity index (χ0n) is 11.1. The van der Waals surface area contributed by atoms with Crippen molar-refractivity contribution in [3.63, 3.8) is 0 Å². The van der Waals surface area contributed by atoms with Crippen molar-refractivity contribution in [1.29, 1.82) is 0 Å². The second-order valence-corrected chi connectivity index (χ2v) is 5.09. The van der Waals surface area contributed by atoms with E-state index < -0.39 is 5.41 Å². The Kier molecular flexibility index (Phi) is 4.95. The van der Waals surface area contributed by atoms with Crippen molar-refractivity contribution in [2.24, 2.45) is 16.3 Å². The van der Waals surface area contributed by atoms with E-state index in [-0.39, 0.29) is 30.9 Å². The molecule has 0 aromatic rings. The molecule has 4 N–H and O–H groups in total. The number of aliphatic hydroxyl groups excluding tert-OH is 1. The summed E-state index contributed by atoms with van der Waals surface area (Å²) in [5.74, 6) is -0.145. The summed E-state index contributed by atoms with van der Waals surface area (Å²) in [7, 11) is 0. The van der Waals surface area contributed by atoms with Gasteiger partial charge in [0.1, 0.15) is 5.41 Å². The van der Waals surface area contributed by atoms with E-state index in [4.69, 9.17) is 16.0 Å². The molecule has 0 radical (unpaired) electrons. The standard InChI is InChI=1S/C12H23N3O3/c1-9(2)15(7-8-16)11(17)12(10(13)14-18)5-3-4-6-12/h9,16,18H,3-8H2,1-2H3,(H2,13,14). The lowest BCUT2D eigenvalue weighted by atomic mass is 9.83. The number of carbonyl (C=O) groups is 1. The van der Waals surface area contributed by atoms with Gasteiger partial charge in [-0.3, -0.25) is 4.79 Å². The Labute approximate surface area is 107 Å². The summed E-state index contributed by atoms with van der Waals surface area (Å²) >= 11 is 0. The SMILES string of the molecule is CC(C)N(CCO)C(=O)C1(/C(N)=N/O)CCCC1. The van der Waals surface area contributed by atoms with Crippen LogP contribution in [0.5, 0.6) is 0 Å². The summed E-state index contributed by atoms with van der Waals surface area (Å²) in [6, 6.07) is -0.0198. The van der Waals surface area contributed by atoms with Crippen LogP contribution < -0.4 is 5.73 Å². The van der Waals surface area contributed by atoms with Crippen molar-refractivity contribution >= 4 is 11.7 Å². The largest absolute Gasteiger partial charge is 0.409 e. The minimum absolute atomic E-state index is 0.00594. The third kappa shape index (κ3) is 2.58. The monoisotopic (exact) mass is 257 g/mol. The van der Waals surface area contributed by atoms with E-state index in [2.05, 4.69) is 5.16 Å². The molecule has 0 aliphatic heterocycles. The van der Waals surface area contributed by atoms with Gasteiger partial charge in [-0.25, -0.2) is 0 Å². The van der Waals surface area contributed by atoms with Gasteiger partial charge in [0.2, 0.25) is 5.91 Å². The summed E-state index contributed by atoms with van der Waals surface area (Å²) in [6.07, 6.45) is 3.01. The second-order valence-electron chi connectivity index (χ2n) is 5.09. The van der Waals surface area contributed by atoms with Crippen LogP contribution in [0, 0.1) is 5.41 Å². The molecule has 0 aromatic heterocycles. The van der Waals surface area contributed by atoms with Gasteiger partial charge in [-0.1, -0.05) is 18.0 Å². The first-order valence-electron chi connectivity index (χ1n) is 6.39. The van der Waals surface area contributed by atoms with Gasteiger partial charge in [-0.2, -0.15) is 0 Å². The number of hydrogen-bond acceptors (Lipinski definition) is 4. The second kappa shape index (κ2) is 6.04. The van der Waals surface area contributed by atoms with Crippen LogP contribution in [-0.4, -0.2) is 46.1 Å². The lowest BCUT2D eigenvalue weighted by Crippen LogP contribution is -2.52. The normalized spacial score (nSPS) is 19.2. The highest BCUT2D eigenvalue weighted by atomic mass is 16.4. The molecule has 0 heterocycles. The van der Waals surface area contributed by atoms with Crippen LogP contribution in [0.4, 0.5) is 0 Å². The van der Waals surface area contributed by atoms with E-state index in [1.807, 2.05) is 13.8 Å². The zero-order chi connectivity index (χ0) is 13.8. The van der Waals surface area contributed by atoms with Gasteiger partial charge in [0, 0.05) is 12.6 Å². The fourth-order valence-corrected chi connectivity index (χ4v) is 2.63. The number of hydrogen-bond donors (Lipinski definition) is 3. The number of oxime groups is 1. The number of nitrogens with zero attached hydrogens (tertiary/aromatic N) is 2. The van der Waals surface area contributed by atoms with Crippen LogP contribution in [0.2, 0.25) is 0 Å². The molecule has 0 unspecified atom stereocenters. The molecule has 18 heavy (non-hydrogen) atoms. The Bertz CT molecular complexity index is 323. The first-order chi connectivity index (χ1) is 8.49. The Morgan fingerprint density at radius 1 is 1.44 bits per heavy atom. The van der Waals surface area contributed by atoms with Crippen molar-refractivity contribution in [1.82, 2.24) is 4.90 Å². The zero-order valence-corrected chi connectivity index (χ0v) is 11.1. The van der Waals surface area contributed by atoms with Crippen LogP contribution in [0.1, 0.15) is 39.5 Å². The van der Waals surface area contributed by atoms with Crippen LogP contribution in [0.15, 0.2) is 5.16 Å². The third-order valence-electron chi connectivity index (χ3n) is 3.69. The first-order valence-corrected chi connectivity index (χ1v) is 6.39. The fraction of sp³-hybridized carbons (Fsp3) is 0.833. The number of rotatable bonds is 5. The molecule has 1 saturated carbocycles. The van der Waals surface area contributed by atoms with Crippen molar-refractivity contribution < 1.29 is 15.1 Å². The third-order valence-corrected chi connectivity index (χ3v) is 3.69. The van der Waals surface area contributed by atoms with Gasteiger partial charge in [0.15, 0.2) is 5.84 Å². The first kappa shape index (κ1) is 14.8. The van der Waals surface area contributed by atoms with Crippen LogP contribution in [-0.2, 0) is 4.79 Å². The van der Waals surface area contributed by atoms with Gasteiger partial charge in [-0.05, 0) is 26.7 Å². The average Bonchev–Trinajstić information content (AvgIpc) is 2.84. The van der Waals surface area contributed by atoms with Crippen molar-refractivity contribution in [2.45, 2.75) is 45.6 Å². The lowest BCUT2D eigenvalue weighted by Gasteiger charge is -2.35. The van der Waals surface area contributed by atoms with Crippen LogP contribution in [0.3, 0.4) is 0 Å². The highest BCUT2D eigenvalue weighted by molar-refractivity contribution is 6.07. The number of aliphatic hydroxyl groups is 1. The van der Waals surface area contributed by atoms with E-state index in [9.17, 15) is 4.79 Å². The Morgan fingerprint density at radius 2 is 2.00 bits per heavy atom. The van der Waals surface area contributed by atoms with E-state index in [1.165, 1.54) is 0 Å². The minimum atomic E-state index is -0.881. The maximum atomic E-state index is 12.6. The quantitative estimate of drug-likeness (QED) is 0.289. The average molecular weight is 257 g/mol. The molecule has 0 aromatic carbocycles. The van der Waals surface area contributed by atoms with Crippen molar-refractivity contribution in [3.05, 3.63) is 0 Å². The molecule has 1 amide bonds. The number of amides is 1.